The fourth-order valence-corrected chi connectivity index (χ4v) is 3.14. The van der Waals surface area contributed by atoms with Gasteiger partial charge in [-0.25, -0.2) is 9.48 Å². The zero-order chi connectivity index (χ0) is 17.8. The Kier molecular flexibility index (Phi) is 5.38. The van der Waals surface area contributed by atoms with E-state index in [1.54, 1.807) is 0 Å². The molecule has 0 saturated carbocycles. The molecule has 2 aromatic rings. The van der Waals surface area contributed by atoms with Crippen LogP contribution in [0.15, 0.2) is 36.4 Å². The number of rotatable bonds is 4. The molecule has 0 atom stereocenters. The Morgan fingerprint density at radius 2 is 1.96 bits per heavy atom. The lowest BCUT2D eigenvalue weighted by Crippen LogP contribution is -2.42. The van der Waals surface area contributed by atoms with Crippen molar-refractivity contribution in [3.05, 3.63) is 36.4 Å². The van der Waals surface area contributed by atoms with Gasteiger partial charge in [-0.2, -0.15) is 5.10 Å². The second-order valence-corrected chi connectivity index (χ2v) is 6.86. The van der Waals surface area contributed by atoms with Gasteiger partial charge in [0, 0.05) is 37.4 Å². The molecule has 25 heavy (non-hydrogen) atoms. The van der Waals surface area contributed by atoms with Crippen LogP contribution >= 0.6 is 0 Å². The molecule has 2 amide bonds. The fraction of sp³-hybridized carbons (Fsp3) is 0.474. The van der Waals surface area contributed by atoms with Gasteiger partial charge in [-0.3, -0.25) is 5.32 Å². The van der Waals surface area contributed by atoms with E-state index >= 15 is 0 Å². The number of carbonyl (C=O) groups is 1. The average molecular weight is 342 g/mol. The van der Waals surface area contributed by atoms with Crippen LogP contribution in [0, 0.1) is 5.92 Å². The zero-order valence-electron chi connectivity index (χ0n) is 14.9. The summed E-state index contributed by atoms with van der Waals surface area (Å²) in [6.45, 7) is 5.65. The number of nitrogens with zero attached hydrogens (tertiary/aromatic N) is 3. The zero-order valence-corrected chi connectivity index (χ0v) is 14.9. The number of benzene rings is 1. The summed E-state index contributed by atoms with van der Waals surface area (Å²) in [6.07, 6.45) is 1.70. The topological polar surface area (TPSA) is 70.4 Å². The Morgan fingerprint density at radius 3 is 2.56 bits per heavy atom. The minimum absolute atomic E-state index is 0.0993. The molecule has 3 rings (SSSR count). The molecular weight excluding hydrogens is 316 g/mol. The van der Waals surface area contributed by atoms with Crippen molar-refractivity contribution < 1.29 is 9.90 Å². The molecule has 134 valence electrons. The molecular formula is C19H26N4O2. The van der Waals surface area contributed by atoms with E-state index < -0.39 is 0 Å². The Bertz CT molecular complexity index is 703. The smallest absolute Gasteiger partial charge is 0.322 e. The number of anilines is 1. The molecule has 6 nitrogen and oxygen atoms in total. The molecule has 2 heterocycles. The lowest BCUT2D eigenvalue weighted by molar-refractivity contribution is 0.143. The van der Waals surface area contributed by atoms with E-state index in [4.69, 9.17) is 0 Å². The van der Waals surface area contributed by atoms with Gasteiger partial charge in [0.25, 0.3) is 0 Å². The van der Waals surface area contributed by atoms with Crippen molar-refractivity contribution in [3.8, 4) is 11.3 Å². The van der Waals surface area contributed by atoms with E-state index in [1.807, 2.05) is 59.8 Å². The number of aliphatic hydroxyl groups is 1. The van der Waals surface area contributed by atoms with Gasteiger partial charge in [-0.1, -0.05) is 30.3 Å². The third kappa shape index (κ3) is 4.02. The van der Waals surface area contributed by atoms with Crippen LogP contribution in [0.1, 0.15) is 32.7 Å². The van der Waals surface area contributed by atoms with Gasteiger partial charge in [-0.15, -0.1) is 0 Å². The summed E-state index contributed by atoms with van der Waals surface area (Å²) >= 11 is 0. The van der Waals surface area contributed by atoms with Crippen LogP contribution in [0.5, 0.6) is 0 Å². The van der Waals surface area contributed by atoms with Gasteiger partial charge in [0.15, 0.2) is 0 Å². The molecule has 0 aliphatic carbocycles. The normalized spacial score (nSPS) is 15.6. The molecule has 1 saturated heterocycles. The number of hydrogen-bond acceptors (Lipinski definition) is 3. The van der Waals surface area contributed by atoms with Crippen LogP contribution in [0.3, 0.4) is 0 Å². The standard InChI is InChI=1S/C19H26N4O2/c1-14(2)23-18(12-17(21-23)16-6-4-3-5-7-16)20-19(25)22-10-8-15(13-24)9-11-22/h3-7,12,14-15,24H,8-11,13H2,1-2H3,(H,20,25). The number of urea groups is 1. The molecule has 1 aliphatic rings. The maximum Gasteiger partial charge on any atom is 0.322 e. The van der Waals surface area contributed by atoms with E-state index in [9.17, 15) is 9.90 Å². The van der Waals surface area contributed by atoms with E-state index in [0.29, 0.717) is 24.8 Å². The molecule has 0 radical (unpaired) electrons. The number of amides is 2. The highest BCUT2D eigenvalue weighted by molar-refractivity contribution is 5.89. The number of aromatic nitrogens is 2. The third-order valence-corrected chi connectivity index (χ3v) is 4.69. The summed E-state index contributed by atoms with van der Waals surface area (Å²) in [5.41, 5.74) is 1.88. The highest BCUT2D eigenvalue weighted by Gasteiger charge is 2.23. The lowest BCUT2D eigenvalue weighted by atomic mass is 9.98. The number of nitrogens with one attached hydrogen (secondary N) is 1. The van der Waals surface area contributed by atoms with E-state index in [0.717, 1.165) is 24.1 Å². The van der Waals surface area contributed by atoms with Gasteiger partial charge in [-0.05, 0) is 32.6 Å². The molecule has 1 aliphatic heterocycles. The maximum absolute atomic E-state index is 12.6. The van der Waals surface area contributed by atoms with Crippen LogP contribution in [-0.2, 0) is 0 Å². The molecule has 0 unspecified atom stereocenters. The average Bonchev–Trinajstić information content (AvgIpc) is 3.06. The first-order valence-electron chi connectivity index (χ1n) is 8.90. The number of likely N-dealkylation sites (tertiary alicyclic amines) is 1. The molecule has 0 bridgehead atoms. The second-order valence-electron chi connectivity index (χ2n) is 6.86. The summed E-state index contributed by atoms with van der Waals surface area (Å²) < 4.78 is 1.85. The minimum Gasteiger partial charge on any atom is -0.396 e. The van der Waals surface area contributed by atoms with Gasteiger partial charge < -0.3 is 10.0 Å². The maximum atomic E-state index is 12.6. The van der Waals surface area contributed by atoms with Gasteiger partial charge >= 0.3 is 6.03 Å². The molecule has 0 spiro atoms. The predicted molar refractivity (Wildman–Crippen MR) is 98.4 cm³/mol. The van der Waals surface area contributed by atoms with Gasteiger partial charge in [0.2, 0.25) is 0 Å². The number of carbonyl (C=O) groups excluding carboxylic acids is 1. The Hall–Kier alpha value is -2.34. The van der Waals surface area contributed by atoms with Crippen molar-refractivity contribution in [2.24, 2.45) is 5.92 Å². The Morgan fingerprint density at radius 1 is 1.28 bits per heavy atom. The summed E-state index contributed by atoms with van der Waals surface area (Å²) in [6, 6.07) is 11.9. The third-order valence-electron chi connectivity index (χ3n) is 4.69. The number of hydrogen-bond donors (Lipinski definition) is 2. The van der Waals surface area contributed by atoms with Crippen LogP contribution in [0.2, 0.25) is 0 Å². The fourth-order valence-electron chi connectivity index (χ4n) is 3.14. The summed E-state index contributed by atoms with van der Waals surface area (Å²) in [4.78, 5) is 14.4. The minimum atomic E-state index is -0.0993. The van der Waals surface area contributed by atoms with Crippen molar-refractivity contribution in [1.82, 2.24) is 14.7 Å². The predicted octanol–water partition coefficient (Wildman–Crippen LogP) is 3.37. The molecule has 6 heteroatoms. The van der Waals surface area contributed by atoms with Crippen LogP contribution in [-0.4, -0.2) is 45.5 Å². The SMILES string of the molecule is CC(C)n1nc(-c2ccccc2)cc1NC(=O)N1CCC(CO)CC1. The van der Waals surface area contributed by atoms with Crippen LogP contribution in [0.25, 0.3) is 11.3 Å². The molecule has 1 aromatic heterocycles. The lowest BCUT2D eigenvalue weighted by Gasteiger charge is -2.31. The largest absolute Gasteiger partial charge is 0.396 e. The van der Waals surface area contributed by atoms with E-state index in [2.05, 4.69) is 10.4 Å². The Balaban J connectivity index is 1.75. The van der Waals surface area contributed by atoms with E-state index in [-0.39, 0.29) is 18.7 Å². The van der Waals surface area contributed by atoms with Crippen molar-refractivity contribution in [1.29, 1.82) is 0 Å². The van der Waals surface area contributed by atoms with Crippen molar-refractivity contribution in [2.45, 2.75) is 32.7 Å². The van der Waals surface area contributed by atoms with Crippen LogP contribution < -0.4 is 5.32 Å². The molecule has 1 aromatic carbocycles. The Labute approximate surface area is 148 Å². The highest BCUT2D eigenvalue weighted by atomic mass is 16.3. The quantitative estimate of drug-likeness (QED) is 0.895. The summed E-state index contributed by atoms with van der Waals surface area (Å²) in [5, 5.41) is 16.9. The van der Waals surface area contributed by atoms with Gasteiger partial charge in [0.05, 0.1) is 5.69 Å². The highest BCUT2D eigenvalue weighted by Crippen LogP contribution is 2.25. The van der Waals surface area contributed by atoms with E-state index in [1.165, 1.54) is 0 Å². The van der Waals surface area contributed by atoms with Crippen molar-refractivity contribution >= 4 is 11.8 Å². The first-order valence-corrected chi connectivity index (χ1v) is 8.90. The van der Waals surface area contributed by atoms with Crippen LogP contribution in [0.4, 0.5) is 10.6 Å². The monoisotopic (exact) mass is 342 g/mol. The van der Waals surface area contributed by atoms with Crippen molar-refractivity contribution in [2.75, 3.05) is 25.0 Å². The number of aliphatic hydroxyl groups excluding tert-OH is 1. The first kappa shape index (κ1) is 17.5. The molecule has 1 fully saturated rings. The number of piperidine rings is 1. The molecule has 2 N–H and O–H groups in total. The summed E-state index contributed by atoms with van der Waals surface area (Å²) in [7, 11) is 0. The summed E-state index contributed by atoms with van der Waals surface area (Å²) in [5.74, 6) is 1.03. The van der Waals surface area contributed by atoms with Gasteiger partial charge in [0.1, 0.15) is 5.82 Å². The second kappa shape index (κ2) is 7.70. The first-order chi connectivity index (χ1) is 12.1. The van der Waals surface area contributed by atoms with Crippen molar-refractivity contribution in [3.63, 3.8) is 0 Å².